The molecule has 0 amide bonds. The Morgan fingerprint density at radius 3 is 2.45 bits per heavy atom. The molecule has 2 aliphatic rings. The molecule has 0 radical (unpaired) electrons. The van der Waals surface area contributed by atoms with Gasteiger partial charge in [-0.15, -0.1) is 0 Å². The van der Waals surface area contributed by atoms with Gasteiger partial charge < -0.3 is 18.9 Å². The summed E-state index contributed by atoms with van der Waals surface area (Å²) >= 11 is 0. The van der Waals surface area contributed by atoms with E-state index in [1.54, 1.807) is 0 Å². The Morgan fingerprint density at radius 1 is 1.18 bits per heavy atom. The Balaban J connectivity index is 1.21. The molecule has 1 aromatic heterocycles. The highest BCUT2D eigenvalue weighted by molar-refractivity contribution is 5.96. The van der Waals surface area contributed by atoms with Crippen LogP contribution in [0, 0.1) is 17.6 Å². The van der Waals surface area contributed by atoms with Crippen molar-refractivity contribution in [3.05, 3.63) is 35.2 Å². The lowest BCUT2D eigenvalue weighted by Gasteiger charge is -2.30. The lowest BCUT2D eigenvalue weighted by atomic mass is 9.92. The molecule has 0 aliphatic carbocycles. The Morgan fingerprint density at radius 2 is 1.88 bits per heavy atom. The predicted molar refractivity (Wildman–Crippen MR) is 121 cm³/mol. The third kappa shape index (κ3) is 5.62. The van der Waals surface area contributed by atoms with Crippen molar-refractivity contribution in [1.29, 1.82) is 0 Å². The molecule has 7 nitrogen and oxygen atoms in total. The van der Waals surface area contributed by atoms with E-state index in [-0.39, 0.29) is 23.1 Å². The van der Waals surface area contributed by atoms with Crippen LogP contribution in [0.3, 0.4) is 0 Å². The molecule has 1 aromatic carbocycles. The molecule has 4 rings (SSSR count). The normalized spacial score (nSPS) is 18.5. The fourth-order valence-electron chi connectivity index (χ4n) is 4.12. The van der Waals surface area contributed by atoms with Crippen molar-refractivity contribution < 1.29 is 22.8 Å². The van der Waals surface area contributed by atoms with Crippen molar-refractivity contribution in [3.8, 4) is 5.75 Å². The molecule has 0 spiro atoms. The minimum atomic E-state index is -0.726. The van der Waals surface area contributed by atoms with Gasteiger partial charge in [0.2, 0.25) is 5.90 Å². The third-order valence-electron chi connectivity index (χ3n) is 6.06. The van der Waals surface area contributed by atoms with Crippen LogP contribution < -0.4 is 9.64 Å². The first-order valence-corrected chi connectivity index (χ1v) is 11.7. The van der Waals surface area contributed by atoms with E-state index in [1.807, 2.05) is 27.7 Å². The molecule has 0 saturated carbocycles. The van der Waals surface area contributed by atoms with Gasteiger partial charge in [-0.2, -0.15) is 4.98 Å². The summed E-state index contributed by atoms with van der Waals surface area (Å²) < 4.78 is 45.6. The second kappa shape index (κ2) is 9.65. The van der Waals surface area contributed by atoms with Crippen molar-refractivity contribution in [2.75, 3.05) is 31.1 Å². The van der Waals surface area contributed by atoms with Crippen LogP contribution in [0.4, 0.5) is 14.8 Å². The predicted octanol–water partition coefficient (Wildman–Crippen LogP) is 5.10. The summed E-state index contributed by atoms with van der Waals surface area (Å²) in [6.07, 6.45) is 3.89. The van der Waals surface area contributed by atoms with Crippen molar-refractivity contribution >= 4 is 11.9 Å². The van der Waals surface area contributed by atoms with Gasteiger partial charge in [0.1, 0.15) is 28.5 Å². The van der Waals surface area contributed by atoms with Gasteiger partial charge in [-0.05, 0) is 45.4 Å². The van der Waals surface area contributed by atoms with E-state index in [9.17, 15) is 8.78 Å². The maximum Gasteiger partial charge on any atom is 0.324 e. The number of piperidine rings is 1. The average molecular weight is 463 g/mol. The Labute approximate surface area is 193 Å². The van der Waals surface area contributed by atoms with Gasteiger partial charge in [0, 0.05) is 31.1 Å². The number of halogens is 2. The molecule has 2 aliphatic heterocycles. The number of aromatic nitrogens is 2. The standard InChI is InChI=1S/C24H32F2N4O3/c1-15(2)21-28-23(33-29-21)30-9-7-16(8-10-30)6-5-11-31-17-12-18(25)20(19(26)13-17)22-27-14-24(3,4)32-22/h12-13,15-16H,5-11,14H2,1-4H3. The minimum absolute atomic E-state index is 0.00820. The smallest absolute Gasteiger partial charge is 0.324 e. The van der Waals surface area contributed by atoms with Crippen molar-refractivity contribution in [1.82, 2.24) is 10.1 Å². The zero-order valence-electron chi connectivity index (χ0n) is 19.7. The van der Waals surface area contributed by atoms with E-state index in [0.29, 0.717) is 25.1 Å². The van der Waals surface area contributed by atoms with E-state index in [1.165, 1.54) is 12.1 Å². The monoisotopic (exact) mass is 462 g/mol. The second-order valence-corrected chi connectivity index (χ2v) is 9.76. The van der Waals surface area contributed by atoms with Gasteiger partial charge in [0.25, 0.3) is 0 Å². The number of hydrogen-bond donors (Lipinski definition) is 0. The van der Waals surface area contributed by atoms with E-state index < -0.39 is 17.2 Å². The number of anilines is 1. The number of ether oxygens (including phenoxy) is 2. The average Bonchev–Trinajstić information content (AvgIpc) is 3.38. The molecular formula is C24H32F2N4O3. The first-order valence-electron chi connectivity index (χ1n) is 11.7. The molecule has 0 unspecified atom stereocenters. The van der Waals surface area contributed by atoms with Gasteiger partial charge in [-0.3, -0.25) is 0 Å². The summed E-state index contributed by atoms with van der Waals surface area (Å²) in [5, 5.41) is 4.03. The van der Waals surface area contributed by atoms with Gasteiger partial charge >= 0.3 is 6.01 Å². The molecule has 0 N–H and O–H groups in total. The number of hydrogen-bond acceptors (Lipinski definition) is 7. The molecule has 1 saturated heterocycles. The van der Waals surface area contributed by atoms with E-state index >= 15 is 0 Å². The largest absolute Gasteiger partial charge is 0.493 e. The van der Waals surface area contributed by atoms with E-state index in [0.717, 1.165) is 44.6 Å². The van der Waals surface area contributed by atoms with Gasteiger partial charge in [0.15, 0.2) is 5.82 Å². The molecule has 9 heteroatoms. The first kappa shape index (κ1) is 23.4. The summed E-state index contributed by atoms with van der Waals surface area (Å²) in [6, 6.07) is 3.00. The SMILES string of the molecule is CC(C)c1noc(N2CCC(CCCOc3cc(F)c(C4=NCC(C)(C)O4)c(F)c3)CC2)n1. The van der Waals surface area contributed by atoms with Crippen molar-refractivity contribution in [3.63, 3.8) is 0 Å². The Hall–Kier alpha value is -2.71. The van der Waals surface area contributed by atoms with Crippen LogP contribution in [0.25, 0.3) is 0 Å². The van der Waals surface area contributed by atoms with Crippen LogP contribution in [0.1, 0.15) is 70.7 Å². The van der Waals surface area contributed by atoms with Gasteiger partial charge in [-0.1, -0.05) is 19.0 Å². The quantitative estimate of drug-likeness (QED) is 0.508. The highest BCUT2D eigenvalue weighted by atomic mass is 19.1. The van der Waals surface area contributed by atoms with Gasteiger partial charge in [-0.25, -0.2) is 13.8 Å². The number of nitrogens with zero attached hydrogens (tertiary/aromatic N) is 4. The summed E-state index contributed by atoms with van der Waals surface area (Å²) in [4.78, 5) is 10.7. The lowest BCUT2D eigenvalue weighted by Crippen LogP contribution is -2.34. The highest BCUT2D eigenvalue weighted by Crippen LogP contribution is 2.28. The topological polar surface area (TPSA) is 73.0 Å². The number of benzene rings is 1. The van der Waals surface area contributed by atoms with Crippen LogP contribution >= 0.6 is 0 Å². The van der Waals surface area contributed by atoms with Crippen LogP contribution in [0.2, 0.25) is 0 Å². The Bertz CT molecular complexity index is 974. The fourth-order valence-corrected chi connectivity index (χ4v) is 4.12. The molecule has 0 bridgehead atoms. The maximum absolute atomic E-state index is 14.5. The number of aliphatic imine (C=N–C) groups is 1. The summed E-state index contributed by atoms with van der Waals surface area (Å²) in [5.41, 5.74) is -0.788. The van der Waals surface area contributed by atoms with E-state index in [4.69, 9.17) is 14.0 Å². The Kier molecular flexibility index (Phi) is 6.86. The molecular weight excluding hydrogens is 430 g/mol. The zero-order valence-corrected chi connectivity index (χ0v) is 19.7. The van der Waals surface area contributed by atoms with Crippen LogP contribution in [0.5, 0.6) is 5.75 Å². The second-order valence-electron chi connectivity index (χ2n) is 9.76. The zero-order chi connectivity index (χ0) is 23.6. The van der Waals surface area contributed by atoms with Crippen molar-refractivity contribution in [2.45, 2.75) is 64.9 Å². The molecule has 0 atom stereocenters. The van der Waals surface area contributed by atoms with Gasteiger partial charge in [0.05, 0.1) is 13.2 Å². The highest BCUT2D eigenvalue weighted by Gasteiger charge is 2.32. The minimum Gasteiger partial charge on any atom is -0.493 e. The van der Waals surface area contributed by atoms with E-state index in [2.05, 4.69) is 20.0 Å². The molecule has 180 valence electrons. The maximum atomic E-state index is 14.5. The molecule has 2 aromatic rings. The lowest BCUT2D eigenvalue weighted by molar-refractivity contribution is 0.130. The molecule has 1 fully saturated rings. The van der Waals surface area contributed by atoms with Crippen LogP contribution in [0.15, 0.2) is 21.6 Å². The molecule has 3 heterocycles. The fraction of sp³-hybridized carbons (Fsp3) is 0.625. The summed E-state index contributed by atoms with van der Waals surface area (Å²) in [5.74, 6) is 0.292. The van der Waals surface area contributed by atoms with Crippen LogP contribution in [-0.2, 0) is 4.74 Å². The summed E-state index contributed by atoms with van der Waals surface area (Å²) in [7, 11) is 0. The summed E-state index contributed by atoms with van der Waals surface area (Å²) in [6.45, 7) is 10.3. The number of rotatable bonds is 8. The third-order valence-corrected chi connectivity index (χ3v) is 6.06. The first-order chi connectivity index (χ1) is 15.7. The van der Waals surface area contributed by atoms with Crippen LogP contribution in [-0.4, -0.2) is 47.9 Å². The molecule has 33 heavy (non-hydrogen) atoms. The van der Waals surface area contributed by atoms with Crippen molar-refractivity contribution in [2.24, 2.45) is 10.9 Å².